The first-order chi connectivity index (χ1) is 6.77. The maximum atomic E-state index is 9.21. The zero-order chi connectivity index (χ0) is 10.0. The van der Waals surface area contributed by atoms with Crippen molar-refractivity contribution in [3.8, 4) is 6.07 Å². The maximum absolute atomic E-state index is 9.21. The molecule has 1 fully saturated rings. The quantitative estimate of drug-likeness (QED) is 0.748. The van der Waals surface area contributed by atoms with E-state index in [-0.39, 0.29) is 0 Å². The number of rotatable bonds is 1. The van der Waals surface area contributed by atoms with E-state index in [2.05, 4.69) is 38.6 Å². The highest BCUT2D eigenvalue weighted by atomic mass is 127. The summed E-state index contributed by atoms with van der Waals surface area (Å²) in [5.74, 6) is 0.706. The Morgan fingerprint density at radius 3 is 2.36 bits per heavy atom. The van der Waals surface area contributed by atoms with E-state index < -0.39 is 5.41 Å². The molecule has 0 aromatic carbocycles. The van der Waals surface area contributed by atoms with E-state index in [9.17, 15) is 5.26 Å². The fourth-order valence-electron chi connectivity index (χ4n) is 1.92. The van der Waals surface area contributed by atoms with Crippen LogP contribution in [-0.2, 0) is 5.41 Å². The SMILES string of the molecule is N#CC1(c2ncc(I)cn2)CCCC1. The van der Waals surface area contributed by atoms with Gasteiger partial charge in [0.1, 0.15) is 11.2 Å². The Kier molecular flexibility index (Phi) is 2.68. The summed E-state index contributed by atoms with van der Waals surface area (Å²) < 4.78 is 1.01. The lowest BCUT2D eigenvalue weighted by Gasteiger charge is -2.17. The van der Waals surface area contributed by atoms with Gasteiger partial charge in [-0.05, 0) is 35.4 Å². The predicted molar refractivity (Wildman–Crippen MR) is 60.5 cm³/mol. The average molecular weight is 299 g/mol. The van der Waals surface area contributed by atoms with Gasteiger partial charge in [-0.1, -0.05) is 12.8 Å². The van der Waals surface area contributed by atoms with Crippen molar-refractivity contribution in [3.05, 3.63) is 21.8 Å². The van der Waals surface area contributed by atoms with Crippen molar-refractivity contribution >= 4 is 22.6 Å². The van der Waals surface area contributed by atoms with Crippen LogP contribution in [0, 0.1) is 14.9 Å². The molecule has 1 aliphatic carbocycles. The van der Waals surface area contributed by atoms with Gasteiger partial charge >= 0.3 is 0 Å². The maximum Gasteiger partial charge on any atom is 0.148 e. The third-order valence-corrected chi connectivity index (χ3v) is 3.28. The molecular weight excluding hydrogens is 289 g/mol. The van der Waals surface area contributed by atoms with Crippen molar-refractivity contribution in [3.63, 3.8) is 0 Å². The third kappa shape index (κ3) is 1.61. The molecule has 0 radical (unpaired) electrons. The van der Waals surface area contributed by atoms with Crippen LogP contribution in [0.15, 0.2) is 12.4 Å². The largest absolute Gasteiger partial charge is 0.239 e. The standard InChI is InChI=1S/C10H10IN3/c11-8-5-13-9(14-6-8)10(7-12)3-1-2-4-10/h5-6H,1-4H2. The Morgan fingerprint density at radius 2 is 1.86 bits per heavy atom. The van der Waals surface area contributed by atoms with Crippen molar-refractivity contribution < 1.29 is 0 Å². The molecule has 1 saturated carbocycles. The smallest absolute Gasteiger partial charge is 0.148 e. The summed E-state index contributed by atoms with van der Waals surface area (Å²) in [6.07, 6.45) is 7.60. The minimum atomic E-state index is -0.398. The van der Waals surface area contributed by atoms with Gasteiger partial charge < -0.3 is 0 Å². The molecule has 0 unspecified atom stereocenters. The molecule has 0 amide bonds. The Bertz CT molecular complexity index is 360. The summed E-state index contributed by atoms with van der Waals surface area (Å²) in [4.78, 5) is 8.52. The second-order valence-corrected chi connectivity index (χ2v) is 4.87. The van der Waals surface area contributed by atoms with E-state index in [4.69, 9.17) is 0 Å². The van der Waals surface area contributed by atoms with Gasteiger partial charge in [0.2, 0.25) is 0 Å². The first kappa shape index (κ1) is 9.84. The second kappa shape index (κ2) is 3.81. The fraction of sp³-hybridized carbons (Fsp3) is 0.500. The normalized spacial score (nSPS) is 19.1. The van der Waals surface area contributed by atoms with Crippen LogP contribution in [0.2, 0.25) is 0 Å². The highest BCUT2D eigenvalue weighted by Crippen LogP contribution is 2.38. The summed E-state index contributed by atoms with van der Waals surface area (Å²) >= 11 is 2.17. The fourth-order valence-corrected chi connectivity index (χ4v) is 2.20. The number of nitrogens with zero attached hydrogens (tertiary/aromatic N) is 3. The Hall–Kier alpha value is -0.700. The lowest BCUT2D eigenvalue weighted by molar-refractivity contribution is 0.532. The predicted octanol–water partition coefficient (Wildman–Crippen LogP) is 2.42. The molecule has 1 heterocycles. The lowest BCUT2D eigenvalue weighted by atomic mass is 9.87. The first-order valence-electron chi connectivity index (χ1n) is 4.66. The summed E-state index contributed by atoms with van der Waals surface area (Å²) in [6.45, 7) is 0. The van der Waals surface area contributed by atoms with E-state index >= 15 is 0 Å². The van der Waals surface area contributed by atoms with Gasteiger partial charge in [0.15, 0.2) is 0 Å². The van der Waals surface area contributed by atoms with Crippen molar-refractivity contribution in [1.29, 1.82) is 5.26 Å². The lowest BCUT2D eigenvalue weighted by Crippen LogP contribution is -2.22. The summed E-state index contributed by atoms with van der Waals surface area (Å²) in [6, 6.07) is 2.39. The minimum absolute atomic E-state index is 0.398. The van der Waals surface area contributed by atoms with Crippen LogP contribution in [0.25, 0.3) is 0 Å². The molecule has 1 aliphatic rings. The van der Waals surface area contributed by atoms with Gasteiger partial charge in [0.05, 0.1) is 6.07 Å². The molecule has 2 rings (SSSR count). The Labute approximate surface area is 96.7 Å². The van der Waals surface area contributed by atoms with Crippen LogP contribution in [0.1, 0.15) is 31.5 Å². The molecule has 0 saturated heterocycles. The monoisotopic (exact) mass is 299 g/mol. The number of hydrogen-bond donors (Lipinski definition) is 0. The average Bonchev–Trinajstić information content (AvgIpc) is 2.68. The van der Waals surface area contributed by atoms with Gasteiger partial charge in [0.25, 0.3) is 0 Å². The second-order valence-electron chi connectivity index (χ2n) is 3.63. The number of hydrogen-bond acceptors (Lipinski definition) is 3. The number of nitriles is 1. The first-order valence-corrected chi connectivity index (χ1v) is 5.74. The topological polar surface area (TPSA) is 49.6 Å². The van der Waals surface area contributed by atoms with Crippen LogP contribution < -0.4 is 0 Å². The van der Waals surface area contributed by atoms with Gasteiger partial charge in [-0.3, -0.25) is 0 Å². The Balaban J connectivity index is 2.37. The highest BCUT2D eigenvalue weighted by molar-refractivity contribution is 14.1. The molecule has 1 aromatic heterocycles. The van der Waals surface area contributed by atoms with Gasteiger partial charge in [-0.25, -0.2) is 9.97 Å². The molecular formula is C10H10IN3. The summed E-state index contributed by atoms with van der Waals surface area (Å²) in [7, 11) is 0. The van der Waals surface area contributed by atoms with Crippen LogP contribution in [0.5, 0.6) is 0 Å². The highest BCUT2D eigenvalue weighted by Gasteiger charge is 2.38. The van der Waals surface area contributed by atoms with Crippen LogP contribution in [0.3, 0.4) is 0 Å². The van der Waals surface area contributed by atoms with Crippen LogP contribution >= 0.6 is 22.6 Å². The molecule has 4 heteroatoms. The number of halogens is 1. The zero-order valence-electron chi connectivity index (χ0n) is 7.70. The van der Waals surface area contributed by atoms with E-state index in [1.165, 1.54) is 0 Å². The molecule has 0 bridgehead atoms. The molecule has 0 N–H and O–H groups in total. The van der Waals surface area contributed by atoms with E-state index in [0.717, 1.165) is 29.3 Å². The van der Waals surface area contributed by atoms with Crippen molar-refractivity contribution in [1.82, 2.24) is 9.97 Å². The molecule has 72 valence electrons. The molecule has 0 spiro atoms. The molecule has 0 aliphatic heterocycles. The van der Waals surface area contributed by atoms with Gasteiger partial charge in [-0.2, -0.15) is 5.26 Å². The van der Waals surface area contributed by atoms with Crippen molar-refractivity contribution in [2.75, 3.05) is 0 Å². The summed E-state index contributed by atoms with van der Waals surface area (Å²) in [5.41, 5.74) is -0.398. The van der Waals surface area contributed by atoms with Crippen LogP contribution in [-0.4, -0.2) is 9.97 Å². The van der Waals surface area contributed by atoms with E-state index in [1.54, 1.807) is 12.4 Å². The van der Waals surface area contributed by atoms with Crippen LogP contribution in [0.4, 0.5) is 0 Å². The molecule has 3 nitrogen and oxygen atoms in total. The van der Waals surface area contributed by atoms with Gasteiger partial charge in [0, 0.05) is 16.0 Å². The van der Waals surface area contributed by atoms with E-state index in [1.807, 2.05) is 0 Å². The van der Waals surface area contributed by atoms with Crippen molar-refractivity contribution in [2.24, 2.45) is 0 Å². The molecule has 14 heavy (non-hydrogen) atoms. The third-order valence-electron chi connectivity index (χ3n) is 2.72. The Morgan fingerprint density at radius 1 is 1.29 bits per heavy atom. The number of aromatic nitrogens is 2. The minimum Gasteiger partial charge on any atom is -0.239 e. The van der Waals surface area contributed by atoms with E-state index in [0.29, 0.717) is 5.82 Å². The molecule has 1 aromatic rings. The van der Waals surface area contributed by atoms with Crippen molar-refractivity contribution in [2.45, 2.75) is 31.1 Å². The van der Waals surface area contributed by atoms with Gasteiger partial charge in [-0.15, -0.1) is 0 Å². The summed E-state index contributed by atoms with van der Waals surface area (Å²) in [5, 5.41) is 9.21. The zero-order valence-corrected chi connectivity index (χ0v) is 9.86. The molecule has 0 atom stereocenters.